The molecule has 1 aromatic carbocycles. The molecule has 0 aromatic heterocycles. The fourth-order valence-corrected chi connectivity index (χ4v) is 6.30. The van der Waals surface area contributed by atoms with Crippen LogP contribution < -0.4 is 4.74 Å². The number of aromatic hydroxyl groups is 1. The molecule has 5 rings (SSSR count). The van der Waals surface area contributed by atoms with E-state index in [0.29, 0.717) is 33.2 Å². The molecule has 1 aliphatic heterocycles. The molecule has 1 fully saturated rings. The number of hydrogen-bond acceptors (Lipinski definition) is 6. The van der Waals surface area contributed by atoms with E-state index < -0.39 is 23.7 Å². The van der Waals surface area contributed by atoms with Crippen LogP contribution in [0.4, 0.5) is 0 Å². The topological polar surface area (TPSA) is 101 Å². The van der Waals surface area contributed by atoms with Crippen molar-refractivity contribution in [2.24, 2.45) is 17.8 Å². The number of carbonyl (C=O) groups is 4. The summed E-state index contributed by atoms with van der Waals surface area (Å²) in [6.45, 7) is 1.61. The van der Waals surface area contributed by atoms with Gasteiger partial charge in [0, 0.05) is 39.7 Å². The quantitative estimate of drug-likeness (QED) is 0.371. The molecule has 4 atom stereocenters. The van der Waals surface area contributed by atoms with Gasteiger partial charge >= 0.3 is 0 Å². The number of ether oxygens (including phenoxy) is 1. The number of nitrogens with zero attached hydrogens (tertiary/aromatic N) is 1. The van der Waals surface area contributed by atoms with E-state index in [9.17, 15) is 24.3 Å². The Balaban J connectivity index is 1.77. The summed E-state index contributed by atoms with van der Waals surface area (Å²) in [4.78, 5) is 53.3. The van der Waals surface area contributed by atoms with Crippen LogP contribution in [0.15, 0.2) is 51.0 Å². The maximum absolute atomic E-state index is 13.4. The van der Waals surface area contributed by atoms with Crippen LogP contribution in [-0.4, -0.2) is 47.5 Å². The molecule has 1 N–H and O–H groups in total. The van der Waals surface area contributed by atoms with Gasteiger partial charge in [0.05, 0.1) is 18.9 Å². The SMILES string of the molecule is COc1cc(Br)cc([C@H]2C3=CC[C@@H]4C(=O)N(C)C(=O)[C@@H]4[C@@H]3CC3=C2C(=O)C(C)=CC3=O)c1O. The fourth-order valence-electron chi connectivity index (χ4n) is 5.84. The van der Waals surface area contributed by atoms with Crippen molar-refractivity contribution in [1.29, 1.82) is 0 Å². The number of rotatable bonds is 2. The molecular formula is C25H22BrNO6. The summed E-state index contributed by atoms with van der Waals surface area (Å²) in [5, 5.41) is 11.1. The standard InChI is InChI=1S/C25H22BrNO6/c1-10-6-17(28)15-9-14-12(4-5-13-20(14)25(32)27(2)24(13)31)19(21(15)22(10)29)16-7-11(26)8-18(33-3)23(16)30/h4,6-8,13-14,19-20,30H,5,9H2,1-3H3/t13-,14+,19+,20-/m0/s1. The number of benzene rings is 1. The van der Waals surface area contributed by atoms with Crippen molar-refractivity contribution in [3.05, 3.63) is 56.6 Å². The average Bonchev–Trinajstić information content (AvgIpc) is 3.01. The van der Waals surface area contributed by atoms with E-state index in [1.165, 1.54) is 25.1 Å². The minimum absolute atomic E-state index is 0.125. The maximum atomic E-state index is 13.4. The molecule has 4 aliphatic rings. The van der Waals surface area contributed by atoms with Gasteiger partial charge in [0.1, 0.15) is 0 Å². The number of halogens is 1. The predicted octanol–water partition coefficient (Wildman–Crippen LogP) is 3.22. The molecule has 33 heavy (non-hydrogen) atoms. The first-order valence-corrected chi connectivity index (χ1v) is 11.5. The highest BCUT2D eigenvalue weighted by Crippen LogP contribution is 2.56. The highest BCUT2D eigenvalue weighted by Gasteiger charge is 2.55. The van der Waals surface area contributed by atoms with Gasteiger partial charge < -0.3 is 9.84 Å². The van der Waals surface area contributed by atoms with Crippen molar-refractivity contribution in [1.82, 2.24) is 4.90 Å². The molecule has 0 unspecified atom stereocenters. The summed E-state index contributed by atoms with van der Waals surface area (Å²) < 4.78 is 5.97. The second kappa shape index (κ2) is 7.52. The molecule has 1 heterocycles. The van der Waals surface area contributed by atoms with E-state index in [1.807, 2.05) is 6.08 Å². The second-order valence-corrected chi connectivity index (χ2v) is 9.93. The number of carbonyl (C=O) groups excluding carboxylic acids is 4. The number of fused-ring (bicyclic) bond motifs is 3. The van der Waals surface area contributed by atoms with Crippen LogP contribution >= 0.6 is 15.9 Å². The zero-order chi connectivity index (χ0) is 23.8. The fraction of sp³-hybridized carbons (Fsp3) is 0.360. The molecule has 1 aromatic rings. The van der Waals surface area contributed by atoms with Crippen LogP contribution in [0.3, 0.4) is 0 Å². The van der Waals surface area contributed by atoms with Crippen LogP contribution in [0.2, 0.25) is 0 Å². The summed E-state index contributed by atoms with van der Waals surface area (Å²) in [6.07, 6.45) is 3.84. The van der Waals surface area contributed by atoms with Crippen molar-refractivity contribution in [3.8, 4) is 11.5 Å². The molecule has 170 valence electrons. The van der Waals surface area contributed by atoms with Crippen LogP contribution in [0.1, 0.15) is 31.2 Å². The highest BCUT2D eigenvalue weighted by atomic mass is 79.9. The Morgan fingerprint density at radius 3 is 2.55 bits per heavy atom. The molecule has 0 saturated carbocycles. The lowest BCUT2D eigenvalue weighted by Gasteiger charge is -2.42. The predicted molar refractivity (Wildman–Crippen MR) is 121 cm³/mol. The van der Waals surface area contributed by atoms with Gasteiger partial charge in [0.2, 0.25) is 11.8 Å². The number of amides is 2. The first-order valence-electron chi connectivity index (χ1n) is 10.7. The highest BCUT2D eigenvalue weighted by molar-refractivity contribution is 9.10. The number of ketones is 2. The minimum atomic E-state index is -0.722. The third kappa shape index (κ3) is 3.00. The van der Waals surface area contributed by atoms with E-state index in [-0.39, 0.29) is 41.3 Å². The van der Waals surface area contributed by atoms with Crippen molar-refractivity contribution in [2.75, 3.05) is 14.2 Å². The van der Waals surface area contributed by atoms with E-state index in [4.69, 9.17) is 4.74 Å². The number of phenols is 1. The molecule has 8 heteroatoms. The van der Waals surface area contributed by atoms with Crippen molar-refractivity contribution in [2.45, 2.75) is 25.7 Å². The van der Waals surface area contributed by atoms with Crippen LogP contribution in [0, 0.1) is 17.8 Å². The molecule has 0 bridgehead atoms. The number of likely N-dealkylation sites (tertiary alicyclic amines) is 1. The van der Waals surface area contributed by atoms with Gasteiger partial charge in [-0.25, -0.2) is 0 Å². The largest absolute Gasteiger partial charge is 0.504 e. The molecule has 0 radical (unpaired) electrons. The third-order valence-electron chi connectivity index (χ3n) is 7.39. The third-order valence-corrected chi connectivity index (χ3v) is 7.84. The van der Waals surface area contributed by atoms with Gasteiger partial charge in [-0.3, -0.25) is 24.1 Å². The Morgan fingerprint density at radius 1 is 1.12 bits per heavy atom. The van der Waals surface area contributed by atoms with Gasteiger partial charge in [-0.15, -0.1) is 0 Å². The first-order chi connectivity index (χ1) is 15.6. The Bertz CT molecular complexity index is 1260. The van der Waals surface area contributed by atoms with E-state index in [0.717, 1.165) is 5.57 Å². The molecular weight excluding hydrogens is 490 g/mol. The van der Waals surface area contributed by atoms with Crippen molar-refractivity contribution < 1.29 is 29.0 Å². The van der Waals surface area contributed by atoms with Crippen molar-refractivity contribution in [3.63, 3.8) is 0 Å². The zero-order valence-electron chi connectivity index (χ0n) is 18.3. The van der Waals surface area contributed by atoms with Crippen LogP contribution in [0.25, 0.3) is 0 Å². The minimum Gasteiger partial charge on any atom is -0.504 e. The van der Waals surface area contributed by atoms with Gasteiger partial charge in [-0.05, 0) is 43.9 Å². The van der Waals surface area contributed by atoms with Crippen molar-refractivity contribution >= 4 is 39.3 Å². The molecule has 3 aliphatic carbocycles. The van der Waals surface area contributed by atoms with Crippen LogP contribution in [-0.2, 0) is 19.2 Å². The number of allylic oxidation sites excluding steroid dienone is 6. The first kappa shape index (κ1) is 21.8. The summed E-state index contributed by atoms with van der Waals surface area (Å²) in [5.74, 6) is -3.10. The monoisotopic (exact) mass is 511 g/mol. The Kier molecular flexibility index (Phi) is 4.97. The summed E-state index contributed by atoms with van der Waals surface area (Å²) in [5.41, 5.74) is 2.24. The van der Waals surface area contributed by atoms with E-state index in [1.54, 1.807) is 19.1 Å². The Labute approximate surface area is 198 Å². The number of imide groups is 1. The second-order valence-electron chi connectivity index (χ2n) is 9.01. The normalized spacial score (nSPS) is 28.9. The number of phenolic OH excluding ortho intramolecular Hbond substituents is 1. The Hall–Kier alpha value is -3.00. The molecule has 2 amide bonds. The average molecular weight is 512 g/mol. The number of methoxy groups -OCH3 is 1. The number of Topliss-reactive ketones (excluding diaryl/α,β-unsaturated/α-hetero) is 1. The summed E-state index contributed by atoms with van der Waals surface area (Å²) >= 11 is 3.44. The van der Waals surface area contributed by atoms with E-state index >= 15 is 0 Å². The lowest BCUT2D eigenvalue weighted by atomic mass is 9.59. The summed E-state index contributed by atoms with van der Waals surface area (Å²) in [7, 11) is 2.92. The molecule has 0 spiro atoms. The Morgan fingerprint density at radius 2 is 1.85 bits per heavy atom. The van der Waals surface area contributed by atoms with E-state index in [2.05, 4.69) is 15.9 Å². The smallest absolute Gasteiger partial charge is 0.233 e. The maximum Gasteiger partial charge on any atom is 0.233 e. The lowest BCUT2D eigenvalue weighted by molar-refractivity contribution is -0.138. The van der Waals surface area contributed by atoms with Gasteiger partial charge in [-0.1, -0.05) is 27.6 Å². The van der Waals surface area contributed by atoms with Gasteiger partial charge in [-0.2, -0.15) is 0 Å². The van der Waals surface area contributed by atoms with Gasteiger partial charge in [0.15, 0.2) is 23.1 Å². The lowest BCUT2D eigenvalue weighted by Crippen LogP contribution is -2.39. The number of hydrogen-bond donors (Lipinski definition) is 1. The molecule has 1 saturated heterocycles. The summed E-state index contributed by atoms with van der Waals surface area (Å²) in [6, 6.07) is 3.33. The van der Waals surface area contributed by atoms with Gasteiger partial charge in [0.25, 0.3) is 0 Å². The van der Waals surface area contributed by atoms with Crippen LogP contribution in [0.5, 0.6) is 11.5 Å². The zero-order valence-corrected chi connectivity index (χ0v) is 19.9. The molecule has 7 nitrogen and oxygen atoms in total.